The zero-order valence-corrected chi connectivity index (χ0v) is 21.0. The topological polar surface area (TPSA) is 81.9 Å². The molecular formula is C28H25ClN2O5. The minimum atomic E-state index is -0.776. The first-order chi connectivity index (χ1) is 17.4. The van der Waals surface area contributed by atoms with Crippen molar-refractivity contribution in [3.05, 3.63) is 92.4 Å². The number of nitrogens with zero attached hydrogens (tertiary/aromatic N) is 2. The van der Waals surface area contributed by atoms with Gasteiger partial charge < -0.3 is 13.9 Å². The molecule has 4 aromatic rings. The summed E-state index contributed by atoms with van der Waals surface area (Å²) >= 11 is 6.06. The second kappa shape index (κ2) is 9.66. The van der Waals surface area contributed by atoms with Crippen LogP contribution < -0.4 is 19.8 Å². The molecule has 0 spiro atoms. The van der Waals surface area contributed by atoms with Gasteiger partial charge in [-0.15, -0.1) is 0 Å². The zero-order chi connectivity index (χ0) is 25.4. The molecule has 36 heavy (non-hydrogen) atoms. The summed E-state index contributed by atoms with van der Waals surface area (Å²) in [5, 5.41) is 0.858. The fourth-order valence-electron chi connectivity index (χ4n) is 4.44. The highest BCUT2D eigenvalue weighted by Crippen LogP contribution is 2.43. The lowest BCUT2D eigenvalue weighted by molar-refractivity contribution is 0.0970. The Labute approximate surface area is 213 Å². The molecule has 0 radical (unpaired) electrons. The molecule has 0 N–H and O–H groups in total. The summed E-state index contributed by atoms with van der Waals surface area (Å²) in [6.45, 7) is 6.79. The van der Waals surface area contributed by atoms with E-state index >= 15 is 0 Å². The van der Waals surface area contributed by atoms with Gasteiger partial charge in [0.05, 0.1) is 35.2 Å². The first-order valence-electron chi connectivity index (χ1n) is 11.8. The van der Waals surface area contributed by atoms with E-state index in [2.05, 4.69) is 4.98 Å². The smallest absolute Gasteiger partial charge is 0.296 e. The molecule has 0 saturated carbocycles. The highest BCUT2D eigenvalue weighted by Gasteiger charge is 2.44. The number of ether oxygens (including phenoxy) is 2. The molecule has 0 aliphatic carbocycles. The number of aryl methyl sites for hydroxylation is 1. The van der Waals surface area contributed by atoms with Gasteiger partial charge in [0.2, 0.25) is 5.76 Å². The molecule has 2 aromatic heterocycles. The first-order valence-corrected chi connectivity index (χ1v) is 12.2. The summed E-state index contributed by atoms with van der Waals surface area (Å²) < 4.78 is 17.7. The van der Waals surface area contributed by atoms with Crippen LogP contribution in [-0.4, -0.2) is 24.1 Å². The van der Waals surface area contributed by atoms with Crippen molar-refractivity contribution in [3.8, 4) is 11.5 Å². The van der Waals surface area contributed by atoms with Gasteiger partial charge in [0.15, 0.2) is 16.9 Å². The molecule has 0 saturated heterocycles. The van der Waals surface area contributed by atoms with Gasteiger partial charge in [0.1, 0.15) is 11.4 Å². The average molecular weight is 505 g/mol. The van der Waals surface area contributed by atoms with Crippen molar-refractivity contribution in [2.45, 2.75) is 33.2 Å². The van der Waals surface area contributed by atoms with Crippen LogP contribution in [0.2, 0.25) is 5.02 Å². The number of hydrogen-bond donors (Lipinski definition) is 0. The third-order valence-corrected chi connectivity index (χ3v) is 6.25. The molecular weight excluding hydrogens is 480 g/mol. The Kier molecular flexibility index (Phi) is 6.41. The predicted octanol–water partition coefficient (Wildman–Crippen LogP) is 6.09. The van der Waals surface area contributed by atoms with Gasteiger partial charge in [-0.3, -0.25) is 14.5 Å². The Balaban J connectivity index is 1.75. The van der Waals surface area contributed by atoms with Gasteiger partial charge in [0, 0.05) is 6.20 Å². The van der Waals surface area contributed by atoms with Crippen molar-refractivity contribution in [2.24, 2.45) is 0 Å². The number of amides is 1. The fraction of sp³-hybridized carbons (Fsp3) is 0.250. The average Bonchev–Trinajstić information content (AvgIpc) is 3.17. The molecule has 7 nitrogen and oxygen atoms in total. The SMILES string of the molecule is CCCOc1ccc(C2c3c(oc4ccc(C)cc4c3=O)C(=O)N2c2ccc(Cl)cn2)cc1OCC. The number of hydrogen-bond acceptors (Lipinski definition) is 6. The first kappa shape index (κ1) is 23.9. The lowest BCUT2D eigenvalue weighted by Crippen LogP contribution is -2.30. The van der Waals surface area contributed by atoms with Gasteiger partial charge in [0.25, 0.3) is 5.91 Å². The van der Waals surface area contributed by atoms with Gasteiger partial charge in [-0.1, -0.05) is 36.2 Å². The van der Waals surface area contributed by atoms with Crippen LogP contribution in [0.15, 0.2) is 63.9 Å². The summed E-state index contributed by atoms with van der Waals surface area (Å²) in [6.07, 6.45) is 2.31. The fourth-order valence-corrected chi connectivity index (χ4v) is 4.56. The van der Waals surface area contributed by atoms with Crippen LogP contribution in [0, 0.1) is 6.92 Å². The Morgan fingerprint density at radius 1 is 1.03 bits per heavy atom. The molecule has 3 heterocycles. The van der Waals surface area contributed by atoms with Gasteiger partial charge in [-0.2, -0.15) is 0 Å². The maximum Gasteiger partial charge on any atom is 0.296 e. The van der Waals surface area contributed by atoms with Gasteiger partial charge in [-0.25, -0.2) is 4.98 Å². The van der Waals surface area contributed by atoms with Gasteiger partial charge in [-0.05, 0) is 62.2 Å². The summed E-state index contributed by atoms with van der Waals surface area (Å²) in [5.41, 5.74) is 1.96. The minimum absolute atomic E-state index is 0.00220. The third-order valence-electron chi connectivity index (χ3n) is 6.03. The Morgan fingerprint density at radius 2 is 1.86 bits per heavy atom. The summed E-state index contributed by atoms with van der Waals surface area (Å²) in [4.78, 5) is 33.4. The number of aromatic nitrogens is 1. The number of pyridine rings is 1. The van der Waals surface area contributed by atoms with Crippen molar-refractivity contribution < 1.29 is 18.7 Å². The molecule has 1 atom stereocenters. The second-order valence-corrected chi connectivity index (χ2v) is 9.01. The number of carbonyl (C=O) groups is 1. The maximum atomic E-state index is 13.8. The predicted molar refractivity (Wildman–Crippen MR) is 139 cm³/mol. The van der Waals surface area contributed by atoms with Crippen molar-refractivity contribution >= 4 is 34.3 Å². The second-order valence-electron chi connectivity index (χ2n) is 8.57. The largest absolute Gasteiger partial charge is 0.490 e. The van der Waals surface area contributed by atoms with E-state index < -0.39 is 11.9 Å². The summed E-state index contributed by atoms with van der Waals surface area (Å²) in [7, 11) is 0. The molecule has 2 aromatic carbocycles. The van der Waals surface area contributed by atoms with Crippen molar-refractivity contribution in [1.29, 1.82) is 0 Å². The van der Waals surface area contributed by atoms with E-state index in [0.717, 1.165) is 12.0 Å². The van der Waals surface area contributed by atoms with Gasteiger partial charge >= 0.3 is 0 Å². The van der Waals surface area contributed by atoms with Crippen molar-refractivity contribution in [1.82, 2.24) is 4.98 Å². The molecule has 1 aliphatic heterocycles. The minimum Gasteiger partial charge on any atom is -0.490 e. The third kappa shape index (κ3) is 4.09. The summed E-state index contributed by atoms with van der Waals surface area (Å²) in [6, 6.07) is 13.3. The van der Waals surface area contributed by atoms with Crippen molar-refractivity contribution in [2.75, 3.05) is 18.1 Å². The van der Waals surface area contributed by atoms with E-state index in [4.69, 9.17) is 25.5 Å². The number of anilines is 1. The van der Waals surface area contributed by atoms with Crippen LogP contribution in [0.5, 0.6) is 11.5 Å². The molecule has 0 bridgehead atoms. The monoisotopic (exact) mass is 504 g/mol. The molecule has 5 rings (SSSR count). The summed E-state index contributed by atoms with van der Waals surface area (Å²) in [5.74, 6) is 1.04. The number of benzene rings is 2. The van der Waals surface area contributed by atoms with E-state index in [9.17, 15) is 9.59 Å². The Hall–Kier alpha value is -3.84. The number of rotatable bonds is 7. The zero-order valence-electron chi connectivity index (χ0n) is 20.2. The van der Waals surface area contributed by atoms with E-state index in [1.807, 2.05) is 39.0 Å². The lowest BCUT2D eigenvalue weighted by atomic mass is 9.97. The molecule has 8 heteroatoms. The van der Waals surface area contributed by atoms with Crippen molar-refractivity contribution in [3.63, 3.8) is 0 Å². The van der Waals surface area contributed by atoms with Crippen LogP contribution in [0.4, 0.5) is 5.82 Å². The van der Waals surface area contributed by atoms with E-state index in [0.29, 0.717) is 52.1 Å². The molecule has 0 fully saturated rings. The Bertz CT molecular complexity index is 1510. The quantitative estimate of drug-likeness (QED) is 0.303. The number of halogens is 1. The Morgan fingerprint density at radius 3 is 2.58 bits per heavy atom. The molecule has 1 aliphatic rings. The normalized spacial score (nSPS) is 14.8. The maximum absolute atomic E-state index is 13.8. The van der Waals surface area contributed by atoms with Crippen LogP contribution in [0.1, 0.15) is 53.6 Å². The standard InChI is InChI=1S/C28H25ClN2O5/c1-4-12-35-21-10-7-17(14-22(21)34-5-2)25-24-26(32)19-13-16(3)6-9-20(19)36-27(24)28(33)31(25)23-11-8-18(29)15-30-23/h6-11,13-15,25H,4-5,12H2,1-3H3. The van der Waals surface area contributed by atoms with E-state index in [-0.39, 0.29) is 16.8 Å². The van der Waals surface area contributed by atoms with Crippen LogP contribution >= 0.6 is 11.6 Å². The van der Waals surface area contributed by atoms with Crippen LogP contribution in [0.3, 0.4) is 0 Å². The molecule has 1 unspecified atom stereocenters. The molecule has 1 amide bonds. The lowest BCUT2D eigenvalue weighted by Gasteiger charge is -2.25. The number of fused-ring (bicyclic) bond motifs is 2. The van der Waals surface area contributed by atoms with Crippen LogP contribution in [-0.2, 0) is 0 Å². The number of carbonyl (C=O) groups excluding carboxylic acids is 1. The van der Waals surface area contributed by atoms with Crippen LogP contribution in [0.25, 0.3) is 11.0 Å². The highest BCUT2D eigenvalue weighted by atomic mass is 35.5. The molecule has 184 valence electrons. The van der Waals surface area contributed by atoms with E-state index in [1.165, 1.54) is 11.1 Å². The van der Waals surface area contributed by atoms with E-state index in [1.54, 1.807) is 30.3 Å². The highest BCUT2D eigenvalue weighted by molar-refractivity contribution is 6.30.